The molecule has 0 amide bonds. The van der Waals surface area contributed by atoms with Crippen LogP contribution in [0.2, 0.25) is 0 Å². The van der Waals surface area contributed by atoms with Gasteiger partial charge in [0.25, 0.3) is 0 Å². The van der Waals surface area contributed by atoms with Crippen LogP contribution < -0.4 is 0 Å². The van der Waals surface area contributed by atoms with Crippen molar-refractivity contribution in [1.82, 2.24) is 0 Å². The molecule has 1 saturated carbocycles. The lowest BCUT2D eigenvalue weighted by Crippen LogP contribution is -2.02. The smallest absolute Gasteiger partial charge is 0.150 e. The van der Waals surface area contributed by atoms with Gasteiger partial charge in [-0.25, -0.2) is 0 Å². The molecule has 1 nitrogen and oxygen atoms in total. The van der Waals surface area contributed by atoms with Gasteiger partial charge < -0.3 is 0 Å². The second-order valence-electron chi connectivity index (χ2n) is 4.16. The van der Waals surface area contributed by atoms with Crippen molar-refractivity contribution in [2.24, 2.45) is 5.92 Å². The van der Waals surface area contributed by atoms with Gasteiger partial charge in [-0.1, -0.05) is 25.3 Å². The van der Waals surface area contributed by atoms with Crippen molar-refractivity contribution in [2.45, 2.75) is 32.1 Å². The fourth-order valence-electron chi connectivity index (χ4n) is 2.08. The van der Waals surface area contributed by atoms with E-state index in [1.54, 1.807) is 11.3 Å². The van der Waals surface area contributed by atoms with Crippen LogP contribution in [0, 0.1) is 5.92 Å². The summed E-state index contributed by atoms with van der Waals surface area (Å²) >= 11 is 1.64. The molecule has 0 N–H and O–H groups in total. The Labute approximate surface area is 94.8 Å². The minimum Gasteiger partial charge on any atom is -0.298 e. The molecule has 0 spiro atoms. The van der Waals surface area contributed by atoms with Crippen molar-refractivity contribution in [3.8, 4) is 0 Å². The van der Waals surface area contributed by atoms with Crippen LogP contribution in [0.4, 0.5) is 0 Å². The zero-order valence-electron chi connectivity index (χ0n) is 8.82. The molecule has 0 unspecified atom stereocenters. The third-order valence-electron chi connectivity index (χ3n) is 2.96. The SMILES string of the molecule is O=Cc1csc(C=CC2CCCCC2)c1. The summed E-state index contributed by atoms with van der Waals surface area (Å²) in [7, 11) is 0. The van der Waals surface area contributed by atoms with Gasteiger partial charge in [-0.3, -0.25) is 4.79 Å². The van der Waals surface area contributed by atoms with E-state index < -0.39 is 0 Å². The summed E-state index contributed by atoms with van der Waals surface area (Å²) in [6.45, 7) is 0. The number of hydrogen-bond donors (Lipinski definition) is 0. The minimum absolute atomic E-state index is 0.764. The molecule has 0 aromatic carbocycles. The molecule has 0 aliphatic heterocycles. The first-order valence-corrected chi connectivity index (χ1v) is 6.48. The number of thiophene rings is 1. The summed E-state index contributed by atoms with van der Waals surface area (Å²) in [5, 5.41) is 1.91. The van der Waals surface area contributed by atoms with Crippen LogP contribution in [0.1, 0.15) is 47.3 Å². The Bertz CT molecular complexity index is 345. The van der Waals surface area contributed by atoms with Crippen LogP contribution in [0.15, 0.2) is 17.5 Å². The van der Waals surface area contributed by atoms with Crippen molar-refractivity contribution in [2.75, 3.05) is 0 Å². The van der Waals surface area contributed by atoms with Crippen molar-refractivity contribution in [1.29, 1.82) is 0 Å². The maximum absolute atomic E-state index is 10.5. The molecular weight excluding hydrogens is 204 g/mol. The van der Waals surface area contributed by atoms with Crippen LogP contribution in [0.3, 0.4) is 0 Å². The largest absolute Gasteiger partial charge is 0.298 e. The zero-order valence-corrected chi connectivity index (χ0v) is 9.63. The summed E-state index contributed by atoms with van der Waals surface area (Å²) in [5.41, 5.74) is 0.795. The molecule has 1 aromatic heterocycles. The Balaban J connectivity index is 1.94. The van der Waals surface area contributed by atoms with E-state index in [9.17, 15) is 4.79 Å². The van der Waals surface area contributed by atoms with Crippen LogP contribution in [-0.2, 0) is 0 Å². The van der Waals surface area contributed by atoms with Gasteiger partial charge >= 0.3 is 0 Å². The van der Waals surface area contributed by atoms with Gasteiger partial charge in [-0.15, -0.1) is 11.3 Å². The van der Waals surface area contributed by atoms with Crippen LogP contribution in [0.25, 0.3) is 6.08 Å². The van der Waals surface area contributed by atoms with E-state index in [0.29, 0.717) is 0 Å². The Morgan fingerprint density at radius 3 is 2.73 bits per heavy atom. The molecule has 1 aromatic rings. The molecule has 2 heteroatoms. The number of hydrogen-bond acceptors (Lipinski definition) is 2. The molecule has 2 rings (SSSR count). The molecule has 1 fully saturated rings. The first-order chi connectivity index (χ1) is 7.38. The molecule has 80 valence electrons. The average Bonchev–Trinajstić information content (AvgIpc) is 2.76. The maximum Gasteiger partial charge on any atom is 0.150 e. The first kappa shape index (κ1) is 10.6. The number of allylic oxidation sites excluding steroid dienone is 1. The Morgan fingerprint density at radius 2 is 2.07 bits per heavy atom. The predicted molar refractivity (Wildman–Crippen MR) is 65.3 cm³/mol. The van der Waals surface area contributed by atoms with E-state index >= 15 is 0 Å². The highest BCUT2D eigenvalue weighted by Gasteiger charge is 2.09. The summed E-state index contributed by atoms with van der Waals surface area (Å²) in [6.07, 6.45) is 12.2. The number of rotatable bonds is 3. The van der Waals surface area contributed by atoms with E-state index in [0.717, 1.165) is 17.8 Å². The fourth-order valence-corrected chi connectivity index (χ4v) is 2.83. The second-order valence-corrected chi connectivity index (χ2v) is 5.10. The molecule has 0 saturated heterocycles. The fraction of sp³-hybridized carbons (Fsp3) is 0.462. The van der Waals surface area contributed by atoms with Crippen LogP contribution >= 0.6 is 11.3 Å². The maximum atomic E-state index is 10.5. The normalized spacial score (nSPS) is 18.4. The van der Waals surface area contributed by atoms with Crippen LogP contribution in [0.5, 0.6) is 0 Å². The minimum atomic E-state index is 0.764. The monoisotopic (exact) mass is 220 g/mol. The quantitative estimate of drug-likeness (QED) is 0.699. The van der Waals surface area contributed by atoms with Gasteiger partial charge in [-0.05, 0) is 30.9 Å². The van der Waals surface area contributed by atoms with Crippen LogP contribution in [-0.4, -0.2) is 6.29 Å². The van der Waals surface area contributed by atoms with Gasteiger partial charge in [-0.2, -0.15) is 0 Å². The van der Waals surface area contributed by atoms with Crippen molar-refractivity contribution >= 4 is 23.7 Å². The van der Waals surface area contributed by atoms with Crippen molar-refractivity contribution < 1.29 is 4.79 Å². The lowest BCUT2D eigenvalue weighted by molar-refractivity contribution is 0.112. The number of carbonyl (C=O) groups is 1. The summed E-state index contributed by atoms with van der Waals surface area (Å²) in [4.78, 5) is 11.7. The van der Waals surface area contributed by atoms with Gasteiger partial charge in [0.2, 0.25) is 0 Å². The third kappa shape index (κ3) is 3.03. The molecule has 0 atom stereocenters. The average molecular weight is 220 g/mol. The van der Waals surface area contributed by atoms with E-state index in [1.807, 2.05) is 11.4 Å². The Hall–Kier alpha value is -0.890. The van der Waals surface area contributed by atoms with E-state index in [1.165, 1.54) is 37.0 Å². The van der Waals surface area contributed by atoms with Crippen molar-refractivity contribution in [3.05, 3.63) is 28.0 Å². The molecule has 1 aliphatic rings. The first-order valence-electron chi connectivity index (χ1n) is 5.60. The summed E-state index contributed by atoms with van der Waals surface area (Å²) in [5.74, 6) is 0.764. The zero-order chi connectivity index (χ0) is 10.5. The molecule has 15 heavy (non-hydrogen) atoms. The molecular formula is C13H16OS. The van der Waals surface area contributed by atoms with Crippen molar-refractivity contribution in [3.63, 3.8) is 0 Å². The molecule has 1 heterocycles. The molecule has 0 radical (unpaired) electrons. The summed E-state index contributed by atoms with van der Waals surface area (Å²) < 4.78 is 0. The highest BCUT2D eigenvalue weighted by Crippen LogP contribution is 2.26. The second kappa shape index (κ2) is 5.26. The van der Waals surface area contributed by atoms with Gasteiger partial charge in [0, 0.05) is 15.8 Å². The van der Waals surface area contributed by atoms with E-state index in [4.69, 9.17) is 0 Å². The lowest BCUT2D eigenvalue weighted by atomic mass is 9.89. The van der Waals surface area contributed by atoms with Gasteiger partial charge in [0.15, 0.2) is 6.29 Å². The highest BCUT2D eigenvalue weighted by atomic mass is 32.1. The topological polar surface area (TPSA) is 17.1 Å². The van der Waals surface area contributed by atoms with Gasteiger partial charge in [0.05, 0.1) is 0 Å². The highest BCUT2D eigenvalue weighted by molar-refractivity contribution is 7.11. The predicted octanol–water partition coefficient (Wildman–Crippen LogP) is 4.15. The third-order valence-corrected chi connectivity index (χ3v) is 3.87. The van der Waals surface area contributed by atoms with Gasteiger partial charge in [0.1, 0.15) is 0 Å². The summed E-state index contributed by atoms with van der Waals surface area (Å²) in [6, 6.07) is 1.96. The number of aldehydes is 1. The number of carbonyl (C=O) groups excluding carboxylic acids is 1. The molecule has 1 aliphatic carbocycles. The molecule has 0 bridgehead atoms. The van der Waals surface area contributed by atoms with E-state index in [2.05, 4.69) is 12.2 Å². The van der Waals surface area contributed by atoms with E-state index in [-0.39, 0.29) is 0 Å². The Morgan fingerprint density at radius 1 is 1.27 bits per heavy atom. The standard InChI is InChI=1S/C13H16OS/c14-9-12-8-13(15-10-12)7-6-11-4-2-1-3-5-11/h6-11H,1-5H2. The lowest BCUT2D eigenvalue weighted by Gasteiger charge is -2.17. The Kier molecular flexibility index (Phi) is 3.73.